The van der Waals surface area contributed by atoms with Crippen molar-refractivity contribution in [1.29, 1.82) is 0 Å². The van der Waals surface area contributed by atoms with Crippen molar-refractivity contribution >= 4 is 35.7 Å². The monoisotopic (exact) mass is 477 g/mol. The summed E-state index contributed by atoms with van der Waals surface area (Å²) in [7, 11) is 1.52. The summed E-state index contributed by atoms with van der Waals surface area (Å²) >= 11 is 6.12. The van der Waals surface area contributed by atoms with Gasteiger partial charge < -0.3 is 19.5 Å². The SMILES string of the molecule is COc1ccc(/C=N\NC(=O)/C(=C\c2ccc3c(c2)OCO3)NC(=O)c2ccccc2)cc1Cl. The molecule has 0 radical (unpaired) electrons. The summed E-state index contributed by atoms with van der Waals surface area (Å²) in [5.41, 5.74) is 4.12. The summed E-state index contributed by atoms with van der Waals surface area (Å²) in [6.45, 7) is 0.130. The maximum atomic E-state index is 12.9. The number of nitrogens with one attached hydrogen (secondary N) is 2. The topological polar surface area (TPSA) is 98.2 Å². The van der Waals surface area contributed by atoms with Gasteiger partial charge in [0.1, 0.15) is 11.4 Å². The molecule has 8 nitrogen and oxygen atoms in total. The van der Waals surface area contributed by atoms with E-state index >= 15 is 0 Å². The van der Waals surface area contributed by atoms with Crippen LogP contribution in [0.2, 0.25) is 5.02 Å². The molecular weight excluding hydrogens is 458 g/mol. The normalized spacial score (nSPS) is 12.5. The van der Waals surface area contributed by atoms with Crippen molar-refractivity contribution in [2.75, 3.05) is 13.9 Å². The number of hydrazone groups is 1. The Morgan fingerprint density at radius 1 is 1.00 bits per heavy atom. The molecule has 4 rings (SSSR count). The van der Waals surface area contributed by atoms with Gasteiger partial charge in [0, 0.05) is 5.56 Å². The maximum Gasteiger partial charge on any atom is 0.287 e. The fourth-order valence-electron chi connectivity index (χ4n) is 3.10. The molecule has 0 atom stereocenters. The van der Waals surface area contributed by atoms with Crippen LogP contribution in [0.5, 0.6) is 17.2 Å². The number of hydrogen-bond acceptors (Lipinski definition) is 6. The molecule has 0 saturated carbocycles. The van der Waals surface area contributed by atoms with Crippen LogP contribution in [0.25, 0.3) is 6.08 Å². The molecule has 1 heterocycles. The van der Waals surface area contributed by atoms with Crippen molar-refractivity contribution in [3.8, 4) is 17.2 Å². The second kappa shape index (κ2) is 10.5. The van der Waals surface area contributed by atoms with E-state index < -0.39 is 11.8 Å². The van der Waals surface area contributed by atoms with Crippen LogP contribution in [0.15, 0.2) is 77.5 Å². The number of nitrogens with zero attached hydrogens (tertiary/aromatic N) is 1. The number of carbonyl (C=O) groups is 2. The van der Waals surface area contributed by atoms with E-state index in [1.165, 1.54) is 19.4 Å². The van der Waals surface area contributed by atoms with Gasteiger partial charge in [-0.05, 0) is 59.7 Å². The van der Waals surface area contributed by atoms with Gasteiger partial charge in [-0.2, -0.15) is 5.10 Å². The van der Waals surface area contributed by atoms with E-state index in [-0.39, 0.29) is 12.5 Å². The standard InChI is InChI=1S/C25H20ClN3O5/c1-32-21-9-8-17(11-19(21)26)14-27-29-25(31)20(28-24(30)18-5-3-2-4-6-18)12-16-7-10-22-23(13-16)34-15-33-22/h2-14H,15H2,1H3,(H,28,30)(H,29,31)/b20-12+,27-14-. The summed E-state index contributed by atoms with van der Waals surface area (Å²) in [4.78, 5) is 25.6. The molecule has 3 aromatic rings. The highest BCUT2D eigenvalue weighted by molar-refractivity contribution is 6.32. The summed E-state index contributed by atoms with van der Waals surface area (Å²) in [6.07, 6.45) is 2.96. The van der Waals surface area contributed by atoms with Crippen LogP contribution in [-0.2, 0) is 4.79 Å². The zero-order chi connectivity index (χ0) is 23.9. The lowest BCUT2D eigenvalue weighted by molar-refractivity contribution is -0.117. The van der Waals surface area contributed by atoms with Gasteiger partial charge in [-0.3, -0.25) is 9.59 Å². The molecule has 0 bridgehead atoms. The van der Waals surface area contributed by atoms with Gasteiger partial charge in [-0.15, -0.1) is 0 Å². The first-order valence-corrected chi connectivity index (χ1v) is 10.6. The van der Waals surface area contributed by atoms with Gasteiger partial charge in [0.15, 0.2) is 11.5 Å². The Labute approximate surface area is 200 Å². The molecule has 1 aliphatic rings. The summed E-state index contributed by atoms with van der Waals surface area (Å²) in [5.74, 6) is 0.642. The molecule has 1 aliphatic heterocycles. The number of methoxy groups -OCH3 is 1. The highest BCUT2D eigenvalue weighted by Gasteiger charge is 2.17. The van der Waals surface area contributed by atoms with E-state index in [0.29, 0.717) is 39.0 Å². The van der Waals surface area contributed by atoms with Crippen molar-refractivity contribution in [3.05, 3.63) is 94.1 Å². The van der Waals surface area contributed by atoms with Crippen LogP contribution in [0.3, 0.4) is 0 Å². The zero-order valence-corrected chi connectivity index (χ0v) is 18.8. The quantitative estimate of drug-likeness (QED) is 0.304. The first kappa shape index (κ1) is 22.9. The highest BCUT2D eigenvalue weighted by Crippen LogP contribution is 2.33. The number of halogens is 1. The smallest absolute Gasteiger partial charge is 0.287 e. The molecule has 0 saturated heterocycles. The molecule has 0 fully saturated rings. The largest absolute Gasteiger partial charge is 0.495 e. The Bertz CT molecular complexity index is 1270. The van der Waals surface area contributed by atoms with E-state index in [1.807, 2.05) is 0 Å². The van der Waals surface area contributed by atoms with Gasteiger partial charge in [-0.25, -0.2) is 5.43 Å². The third-order valence-electron chi connectivity index (χ3n) is 4.79. The molecule has 0 aliphatic carbocycles. The van der Waals surface area contributed by atoms with Crippen molar-refractivity contribution in [2.24, 2.45) is 5.10 Å². The Morgan fingerprint density at radius 3 is 2.53 bits per heavy atom. The number of carbonyl (C=O) groups excluding carboxylic acids is 2. The van der Waals surface area contributed by atoms with E-state index in [2.05, 4.69) is 15.8 Å². The van der Waals surface area contributed by atoms with Crippen LogP contribution < -0.4 is 25.0 Å². The number of ether oxygens (including phenoxy) is 3. The number of hydrogen-bond donors (Lipinski definition) is 2. The molecule has 3 aromatic carbocycles. The average molecular weight is 478 g/mol. The molecule has 0 unspecified atom stereocenters. The molecule has 2 amide bonds. The Kier molecular flexibility index (Phi) is 7.10. The van der Waals surface area contributed by atoms with Crippen LogP contribution in [0.4, 0.5) is 0 Å². The van der Waals surface area contributed by atoms with Crippen molar-refractivity contribution in [2.45, 2.75) is 0 Å². The molecule has 172 valence electrons. The number of fused-ring (bicyclic) bond motifs is 1. The van der Waals surface area contributed by atoms with Crippen molar-refractivity contribution in [3.63, 3.8) is 0 Å². The fourth-order valence-corrected chi connectivity index (χ4v) is 3.37. The molecular formula is C25H20ClN3O5. The minimum atomic E-state index is -0.613. The van der Waals surface area contributed by atoms with Crippen LogP contribution in [0, 0.1) is 0 Å². The predicted molar refractivity (Wildman–Crippen MR) is 128 cm³/mol. The molecule has 2 N–H and O–H groups in total. The molecule has 0 aromatic heterocycles. The number of amides is 2. The van der Waals surface area contributed by atoms with E-state index in [9.17, 15) is 9.59 Å². The van der Waals surface area contributed by atoms with Gasteiger partial charge >= 0.3 is 0 Å². The van der Waals surface area contributed by atoms with E-state index in [0.717, 1.165) is 0 Å². The first-order valence-electron chi connectivity index (χ1n) is 10.2. The van der Waals surface area contributed by atoms with Gasteiger partial charge in [0.05, 0.1) is 18.3 Å². The average Bonchev–Trinajstić information content (AvgIpc) is 3.32. The van der Waals surface area contributed by atoms with Gasteiger partial charge in [-0.1, -0.05) is 35.9 Å². The lowest BCUT2D eigenvalue weighted by Crippen LogP contribution is -2.32. The fraction of sp³-hybridized carbons (Fsp3) is 0.0800. The predicted octanol–water partition coefficient (Wildman–Crippen LogP) is 4.00. The second-order valence-corrected chi connectivity index (χ2v) is 7.49. The van der Waals surface area contributed by atoms with Crippen LogP contribution in [0.1, 0.15) is 21.5 Å². The van der Waals surface area contributed by atoms with Crippen molar-refractivity contribution in [1.82, 2.24) is 10.7 Å². The van der Waals surface area contributed by atoms with E-state index in [4.69, 9.17) is 25.8 Å². The summed E-state index contributed by atoms with van der Waals surface area (Å²) in [6, 6.07) is 18.8. The van der Waals surface area contributed by atoms with Crippen LogP contribution in [-0.4, -0.2) is 31.9 Å². The first-order chi connectivity index (χ1) is 16.5. The van der Waals surface area contributed by atoms with Gasteiger partial charge in [0.25, 0.3) is 11.8 Å². The lowest BCUT2D eigenvalue weighted by Gasteiger charge is -2.09. The number of benzene rings is 3. The van der Waals surface area contributed by atoms with Gasteiger partial charge in [0.2, 0.25) is 6.79 Å². The Morgan fingerprint density at radius 2 is 1.76 bits per heavy atom. The second-order valence-electron chi connectivity index (χ2n) is 7.08. The zero-order valence-electron chi connectivity index (χ0n) is 18.1. The summed E-state index contributed by atoms with van der Waals surface area (Å²) in [5, 5.41) is 7.04. The lowest BCUT2D eigenvalue weighted by atomic mass is 10.1. The molecule has 9 heteroatoms. The third kappa shape index (κ3) is 5.54. The highest BCUT2D eigenvalue weighted by atomic mass is 35.5. The Balaban J connectivity index is 1.54. The van der Waals surface area contributed by atoms with Crippen molar-refractivity contribution < 1.29 is 23.8 Å². The Hall–Kier alpha value is -4.30. The van der Waals surface area contributed by atoms with E-state index in [1.54, 1.807) is 66.7 Å². The summed E-state index contributed by atoms with van der Waals surface area (Å²) < 4.78 is 15.8. The minimum absolute atomic E-state index is 0.00219. The maximum absolute atomic E-state index is 12.9. The molecule has 0 spiro atoms. The third-order valence-corrected chi connectivity index (χ3v) is 5.09. The minimum Gasteiger partial charge on any atom is -0.495 e. The van der Waals surface area contributed by atoms with Crippen LogP contribution >= 0.6 is 11.6 Å². The molecule has 34 heavy (non-hydrogen) atoms. The number of rotatable bonds is 7.